The zero-order chi connectivity index (χ0) is 10.7. The molecule has 0 aliphatic carbocycles. The third-order valence-corrected chi connectivity index (χ3v) is 1.40. The molecule has 6 heteroatoms. The fraction of sp³-hybridized carbons (Fsp3) is 0. The van der Waals surface area contributed by atoms with Crippen LogP contribution in [0.15, 0.2) is 18.3 Å². The highest BCUT2D eigenvalue weighted by Crippen LogP contribution is 2.15. The average molecular weight is 203 g/mol. The molecule has 1 aromatic carbocycles. The molecule has 74 valence electrons. The van der Waals surface area contributed by atoms with Gasteiger partial charge < -0.3 is 0 Å². The van der Waals surface area contributed by atoms with Gasteiger partial charge in [0.1, 0.15) is 5.82 Å². The van der Waals surface area contributed by atoms with Crippen LogP contribution in [0, 0.1) is 27.6 Å². The van der Waals surface area contributed by atoms with Crippen molar-refractivity contribution in [3.8, 4) is 0 Å². The predicted molar refractivity (Wildman–Crippen MR) is 42.3 cm³/mol. The molecule has 3 nitrogen and oxygen atoms in total. The van der Waals surface area contributed by atoms with Crippen LogP contribution in [0.4, 0.5) is 13.2 Å². The third kappa shape index (κ3) is 2.32. The van der Waals surface area contributed by atoms with Crippen molar-refractivity contribution < 1.29 is 18.1 Å². The molecule has 14 heavy (non-hydrogen) atoms. The van der Waals surface area contributed by atoms with Crippen molar-refractivity contribution in [2.24, 2.45) is 0 Å². The summed E-state index contributed by atoms with van der Waals surface area (Å²) in [7, 11) is 0. The van der Waals surface area contributed by atoms with Gasteiger partial charge in [-0.05, 0) is 6.07 Å². The maximum atomic E-state index is 12.8. The monoisotopic (exact) mass is 203 g/mol. The van der Waals surface area contributed by atoms with Crippen LogP contribution in [0.1, 0.15) is 5.56 Å². The Morgan fingerprint density at radius 3 is 2.50 bits per heavy atom. The van der Waals surface area contributed by atoms with E-state index in [-0.39, 0.29) is 0 Å². The van der Waals surface area contributed by atoms with E-state index < -0.39 is 27.9 Å². The van der Waals surface area contributed by atoms with Gasteiger partial charge >= 0.3 is 0 Å². The summed E-state index contributed by atoms with van der Waals surface area (Å²) in [6, 6.07) is 1.03. The molecule has 0 spiro atoms. The van der Waals surface area contributed by atoms with Gasteiger partial charge in [-0.2, -0.15) is 0 Å². The number of rotatable bonds is 2. The molecule has 0 aliphatic rings. The topological polar surface area (TPSA) is 43.1 Å². The van der Waals surface area contributed by atoms with Gasteiger partial charge in [-0.25, -0.2) is 13.2 Å². The van der Waals surface area contributed by atoms with E-state index in [0.717, 1.165) is 0 Å². The summed E-state index contributed by atoms with van der Waals surface area (Å²) in [5.41, 5.74) is -0.501. The second kappa shape index (κ2) is 3.91. The summed E-state index contributed by atoms with van der Waals surface area (Å²) >= 11 is 0. The molecule has 0 unspecified atom stereocenters. The molecule has 0 amide bonds. The highest BCUT2D eigenvalue weighted by molar-refractivity contribution is 5.49. The number of nitro groups is 1. The lowest BCUT2D eigenvalue weighted by Gasteiger charge is -1.97. The Balaban J connectivity index is 3.14. The Kier molecular flexibility index (Phi) is 2.85. The Labute approximate surface area is 76.6 Å². The van der Waals surface area contributed by atoms with E-state index in [2.05, 4.69) is 0 Å². The van der Waals surface area contributed by atoms with Crippen LogP contribution in [-0.2, 0) is 0 Å². The Bertz CT molecular complexity index is 404. The SMILES string of the molecule is O=[N+]([O-])C=Cc1cc(F)cc(F)c1F. The third-order valence-electron chi connectivity index (χ3n) is 1.40. The molecular weight excluding hydrogens is 199 g/mol. The minimum absolute atomic E-state index is 0.360. The minimum atomic E-state index is -1.38. The number of nitrogens with zero attached hydrogens (tertiary/aromatic N) is 1. The number of hydrogen-bond donors (Lipinski definition) is 0. The van der Waals surface area contributed by atoms with Crippen LogP contribution in [0.25, 0.3) is 6.08 Å². The highest BCUT2D eigenvalue weighted by atomic mass is 19.2. The van der Waals surface area contributed by atoms with E-state index in [1.54, 1.807) is 0 Å². The zero-order valence-corrected chi connectivity index (χ0v) is 6.71. The van der Waals surface area contributed by atoms with E-state index in [0.29, 0.717) is 24.4 Å². The van der Waals surface area contributed by atoms with Crippen LogP contribution >= 0.6 is 0 Å². The van der Waals surface area contributed by atoms with Gasteiger partial charge in [0.15, 0.2) is 11.6 Å². The lowest BCUT2D eigenvalue weighted by molar-refractivity contribution is -0.400. The van der Waals surface area contributed by atoms with Crippen molar-refractivity contribution in [3.05, 3.63) is 51.5 Å². The molecule has 1 rings (SSSR count). The van der Waals surface area contributed by atoms with Gasteiger partial charge in [-0.15, -0.1) is 0 Å². The Morgan fingerprint density at radius 2 is 1.93 bits per heavy atom. The highest BCUT2D eigenvalue weighted by Gasteiger charge is 2.09. The first kappa shape index (κ1) is 10.2. The van der Waals surface area contributed by atoms with Crippen molar-refractivity contribution in [2.45, 2.75) is 0 Å². The summed E-state index contributed by atoms with van der Waals surface area (Å²) < 4.78 is 37.9. The quantitative estimate of drug-likeness (QED) is 0.420. The first-order valence-electron chi connectivity index (χ1n) is 3.47. The summed E-state index contributed by atoms with van der Waals surface area (Å²) in [6.45, 7) is 0. The van der Waals surface area contributed by atoms with Crippen molar-refractivity contribution in [1.82, 2.24) is 0 Å². The predicted octanol–water partition coefficient (Wildman–Crippen LogP) is 2.35. The first-order valence-corrected chi connectivity index (χ1v) is 3.47. The maximum absolute atomic E-state index is 12.8. The van der Waals surface area contributed by atoms with E-state index in [9.17, 15) is 23.3 Å². The molecule has 0 aromatic heterocycles. The smallest absolute Gasteiger partial charge is 0.235 e. The molecule has 0 atom stereocenters. The Morgan fingerprint density at radius 1 is 1.29 bits per heavy atom. The van der Waals surface area contributed by atoms with E-state index in [1.807, 2.05) is 0 Å². The first-order chi connectivity index (χ1) is 6.50. The summed E-state index contributed by atoms with van der Waals surface area (Å²) in [4.78, 5) is 9.00. The van der Waals surface area contributed by atoms with Gasteiger partial charge in [0.2, 0.25) is 6.20 Å². The van der Waals surface area contributed by atoms with Crippen LogP contribution < -0.4 is 0 Å². The lowest BCUT2D eigenvalue weighted by atomic mass is 10.2. The van der Waals surface area contributed by atoms with Crippen molar-refractivity contribution in [2.75, 3.05) is 0 Å². The molecule has 0 bridgehead atoms. The van der Waals surface area contributed by atoms with Crippen molar-refractivity contribution in [3.63, 3.8) is 0 Å². The van der Waals surface area contributed by atoms with E-state index >= 15 is 0 Å². The molecule has 0 N–H and O–H groups in total. The Hall–Kier alpha value is -1.85. The van der Waals surface area contributed by atoms with Crippen molar-refractivity contribution in [1.29, 1.82) is 0 Å². The molecular formula is C8H4F3NO2. The molecule has 0 saturated carbocycles. The van der Waals surface area contributed by atoms with Gasteiger partial charge in [0.25, 0.3) is 0 Å². The van der Waals surface area contributed by atoms with Gasteiger partial charge in [0, 0.05) is 17.7 Å². The number of benzene rings is 1. The van der Waals surface area contributed by atoms with Crippen molar-refractivity contribution >= 4 is 6.08 Å². The van der Waals surface area contributed by atoms with Crippen LogP contribution in [0.3, 0.4) is 0 Å². The van der Waals surface area contributed by atoms with E-state index in [4.69, 9.17) is 0 Å². The molecule has 1 aromatic rings. The summed E-state index contributed by atoms with van der Waals surface area (Å²) in [6.07, 6.45) is 1.08. The van der Waals surface area contributed by atoms with Crippen LogP contribution in [0.2, 0.25) is 0 Å². The molecule has 0 saturated heterocycles. The summed E-state index contributed by atoms with van der Waals surface area (Å²) in [5.74, 6) is -3.69. The lowest BCUT2D eigenvalue weighted by Crippen LogP contribution is -1.92. The van der Waals surface area contributed by atoms with E-state index in [1.165, 1.54) is 0 Å². The zero-order valence-electron chi connectivity index (χ0n) is 6.71. The number of halogens is 3. The second-order valence-electron chi connectivity index (χ2n) is 2.39. The van der Waals surface area contributed by atoms with Gasteiger partial charge in [-0.3, -0.25) is 10.1 Å². The fourth-order valence-corrected chi connectivity index (χ4v) is 0.838. The molecule has 0 aliphatic heterocycles. The van der Waals surface area contributed by atoms with Gasteiger partial charge in [0.05, 0.1) is 4.92 Å². The largest absolute Gasteiger partial charge is 0.259 e. The molecule has 0 fully saturated rings. The normalized spacial score (nSPS) is 10.8. The number of hydrogen-bond acceptors (Lipinski definition) is 2. The summed E-state index contributed by atoms with van der Waals surface area (Å²) in [5, 5.41) is 9.86. The molecule has 0 heterocycles. The van der Waals surface area contributed by atoms with Gasteiger partial charge in [-0.1, -0.05) is 0 Å². The second-order valence-corrected chi connectivity index (χ2v) is 2.39. The minimum Gasteiger partial charge on any atom is -0.259 e. The maximum Gasteiger partial charge on any atom is 0.235 e. The van der Waals surface area contributed by atoms with Crippen LogP contribution in [0.5, 0.6) is 0 Å². The standard InChI is InChI=1S/C8H4F3NO2/c9-6-3-5(1-2-12(13)14)8(11)7(10)4-6/h1-4H. The van der Waals surface area contributed by atoms with Crippen LogP contribution in [-0.4, -0.2) is 4.92 Å². The fourth-order valence-electron chi connectivity index (χ4n) is 0.838. The molecule has 0 radical (unpaired) electrons. The average Bonchev–Trinajstić information content (AvgIpc) is 2.08.